The number of hydrogen-bond donors (Lipinski definition) is 2. The molecule has 1 amide bonds. The Morgan fingerprint density at radius 2 is 1.86 bits per heavy atom. The molecule has 5 nitrogen and oxygen atoms in total. The molecule has 0 aliphatic heterocycles. The van der Waals surface area contributed by atoms with Crippen LogP contribution in [0.1, 0.15) is 39.0 Å². The predicted molar refractivity (Wildman–Crippen MR) is 82.5 cm³/mol. The third-order valence-corrected chi connectivity index (χ3v) is 6.14. The van der Waals surface area contributed by atoms with Gasteiger partial charge in [-0.15, -0.1) is 0 Å². The van der Waals surface area contributed by atoms with Crippen molar-refractivity contribution in [3.63, 3.8) is 0 Å². The van der Waals surface area contributed by atoms with E-state index in [4.69, 9.17) is 5.73 Å². The lowest BCUT2D eigenvalue weighted by Crippen LogP contribution is -2.44. The van der Waals surface area contributed by atoms with Crippen LogP contribution in [0.3, 0.4) is 0 Å². The Morgan fingerprint density at radius 1 is 1.24 bits per heavy atom. The van der Waals surface area contributed by atoms with Crippen molar-refractivity contribution in [2.45, 2.75) is 55.2 Å². The highest BCUT2D eigenvalue weighted by molar-refractivity contribution is 7.93. The van der Waals surface area contributed by atoms with E-state index in [2.05, 4.69) is 5.32 Å². The van der Waals surface area contributed by atoms with Crippen molar-refractivity contribution in [3.05, 3.63) is 24.3 Å². The number of carbonyl (C=O) groups is 1. The molecule has 1 atom stereocenters. The highest BCUT2D eigenvalue weighted by Crippen LogP contribution is 2.23. The molecule has 3 N–H and O–H groups in total. The van der Waals surface area contributed by atoms with E-state index >= 15 is 0 Å². The number of nitrogens with one attached hydrogen (secondary N) is 1. The first-order valence-corrected chi connectivity index (χ1v) is 8.86. The first-order chi connectivity index (χ1) is 9.93. The minimum atomic E-state index is -3.76. The van der Waals surface area contributed by atoms with Crippen molar-refractivity contribution in [1.82, 2.24) is 5.32 Å². The fraction of sp³-hybridized carbons (Fsp3) is 0.533. The average Bonchev–Trinajstić information content (AvgIpc) is 2.47. The van der Waals surface area contributed by atoms with Crippen LogP contribution in [-0.2, 0) is 14.6 Å². The van der Waals surface area contributed by atoms with Crippen LogP contribution in [0.15, 0.2) is 29.2 Å². The molecule has 1 aliphatic carbocycles. The van der Waals surface area contributed by atoms with Gasteiger partial charge in [0.2, 0.25) is 5.91 Å². The van der Waals surface area contributed by atoms with E-state index in [0.29, 0.717) is 0 Å². The molecule has 1 aromatic rings. The van der Waals surface area contributed by atoms with Crippen LogP contribution in [0.25, 0.3) is 0 Å². The first kappa shape index (κ1) is 15.8. The van der Waals surface area contributed by atoms with Crippen LogP contribution >= 0.6 is 0 Å². The number of carbonyl (C=O) groups excluding carboxylic acids is 1. The standard InChI is InChI=1S/C15H22N2O3S/c1-11(15(18)17-12-7-3-2-4-8-12)21(19,20)14-10-6-5-9-13(14)16/h5-6,9-12H,2-4,7-8,16H2,1H3,(H,17,18). The average molecular weight is 310 g/mol. The van der Waals surface area contributed by atoms with Crippen molar-refractivity contribution < 1.29 is 13.2 Å². The van der Waals surface area contributed by atoms with E-state index < -0.39 is 21.0 Å². The van der Waals surface area contributed by atoms with Crippen LogP contribution in [0, 0.1) is 0 Å². The molecule has 0 heterocycles. The smallest absolute Gasteiger partial charge is 0.238 e. The molecule has 0 spiro atoms. The van der Waals surface area contributed by atoms with Crippen LogP contribution in [0.4, 0.5) is 5.69 Å². The van der Waals surface area contributed by atoms with Gasteiger partial charge in [0.25, 0.3) is 0 Å². The van der Waals surface area contributed by atoms with Gasteiger partial charge in [0.15, 0.2) is 9.84 Å². The van der Waals surface area contributed by atoms with Gasteiger partial charge in [-0.1, -0.05) is 31.4 Å². The minimum Gasteiger partial charge on any atom is -0.398 e. The fourth-order valence-electron chi connectivity index (χ4n) is 2.64. The molecule has 1 fully saturated rings. The van der Waals surface area contributed by atoms with Crippen LogP contribution < -0.4 is 11.1 Å². The summed E-state index contributed by atoms with van der Waals surface area (Å²) in [4.78, 5) is 12.2. The normalized spacial score (nSPS) is 18.1. The number of nitrogens with two attached hydrogens (primary N) is 1. The monoisotopic (exact) mass is 310 g/mol. The zero-order chi connectivity index (χ0) is 15.5. The number of nitrogen functional groups attached to an aromatic ring is 1. The van der Waals surface area contributed by atoms with Crippen molar-refractivity contribution >= 4 is 21.4 Å². The Hall–Kier alpha value is -1.56. The van der Waals surface area contributed by atoms with Gasteiger partial charge in [-0.3, -0.25) is 4.79 Å². The summed E-state index contributed by atoms with van der Waals surface area (Å²) in [5, 5.41) is 1.72. The van der Waals surface area contributed by atoms with E-state index in [-0.39, 0.29) is 16.6 Å². The molecule has 1 unspecified atom stereocenters. The summed E-state index contributed by atoms with van der Waals surface area (Å²) in [6.07, 6.45) is 5.19. The molecule has 0 saturated heterocycles. The maximum Gasteiger partial charge on any atom is 0.238 e. The number of benzene rings is 1. The van der Waals surface area contributed by atoms with Gasteiger partial charge in [0.05, 0.1) is 10.6 Å². The molecule has 0 radical (unpaired) electrons. The van der Waals surface area contributed by atoms with Crippen molar-refractivity contribution in [2.24, 2.45) is 0 Å². The summed E-state index contributed by atoms with van der Waals surface area (Å²) in [6.45, 7) is 1.42. The van der Waals surface area contributed by atoms with Gasteiger partial charge in [0, 0.05) is 6.04 Å². The van der Waals surface area contributed by atoms with Crippen LogP contribution in [0.2, 0.25) is 0 Å². The highest BCUT2D eigenvalue weighted by Gasteiger charge is 2.32. The van der Waals surface area contributed by atoms with E-state index in [0.717, 1.165) is 25.7 Å². The van der Waals surface area contributed by atoms with Crippen LogP contribution in [0.5, 0.6) is 0 Å². The molecule has 1 saturated carbocycles. The number of amides is 1. The lowest BCUT2D eigenvalue weighted by molar-refractivity contribution is -0.121. The molecule has 0 bridgehead atoms. The summed E-state index contributed by atoms with van der Waals surface area (Å²) in [7, 11) is -3.76. The molecular weight excluding hydrogens is 288 g/mol. The number of sulfone groups is 1. The van der Waals surface area contributed by atoms with Crippen molar-refractivity contribution in [1.29, 1.82) is 0 Å². The van der Waals surface area contributed by atoms with E-state index in [1.54, 1.807) is 12.1 Å². The maximum atomic E-state index is 12.5. The van der Waals surface area contributed by atoms with E-state index in [9.17, 15) is 13.2 Å². The third kappa shape index (κ3) is 3.56. The van der Waals surface area contributed by atoms with Gasteiger partial charge < -0.3 is 11.1 Å². The molecule has 116 valence electrons. The molecule has 1 aromatic carbocycles. The lowest BCUT2D eigenvalue weighted by Gasteiger charge is -2.24. The van der Waals surface area contributed by atoms with Gasteiger partial charge in [0.1, 0.15) is 5.25 Å². The Kier molecular flexibility index (Phi) is 4.88. The largest absolute Gasteiger partial charge is 0.398 e. The zero-order valence-corrected chi connectivity index (χ0v) is 13.0. The predicted octanol–water partition coefficient (Wildman–Crippen LogP) is 1.88. The second-order valence-electron chi connectivity index (χ2n) is 5.57. The lowest BCUT2D eigenvalue weighted by atomic mass is 9.95. The molecule has 1 aliphatic rings. The van der Waals surface area contributed by atoms with Crippen molar-refractivity contribution in [3.8, 4) is 0 Å². The SMILES string of the molecule is CC(C(=O)NC1CCCCC1)S(=O)(=O)c1ccccc1N. The first-order valence-electron chi connectivity index (χ1n) is 7.31. The molecule has 21 heavy (non-hydrogen) atoms. The third-order valence-electron chi connectivity index (χ3n) is 4.01. The summed E-state index contributed by atoms with van der Waals surface area (Å²) >= 11 is 0. The number of anilines is 1. The molecule has 6 heteroatoms. The van der Waals surface area contributed by atoms with Gasteiger partial charge in [-0.2, -0.15) is 0 Å². The second kappa shape index (κ2) is 6.47. The Labute approximate surface area is 125 Å². The van der Waals surface area contributed by atoms with Crippen LogP contribution in [-0.4, -0.2) is 25.6 Å². The van der Waals surface area contributed by atoms with Gasteiger partial charge in [-0.25, -0.2) is 8.42 Å². The Balaban J connectivity index is 2.12. The summed E-state index contributed by atoms with van der Waals surface area (Å²) < 4.78 is 25.0. The number of rotatable bonds is 4. The molecular formula is C15H22N2O3S. The molecule has 2 rings (SSSR count). The number of hydrogen-bond acceptors (Lipinski definition) is 4. The quantitative estimate of drug-likeness (QED) is 0.831. The Morgan fingerprint density at radius 3 is 2.48 bits per heavy atom. The minimum absolute atomic E-state index is 0.0243. The van der Waals surface area contributed by atoms with Gasteiger partial charge in [-0.05, 0) is 31.9 Å². The Bertz CT molecular complexity index is 607. The summed E-state index contributed by atoms with van der Waals surface area (Å²) in [5.74, 6) is -0.440. The molecule has 0 aromatic heterocycles. The van der Waals surface area contributed by atoms with E-state index in [1.165, 1.54) is 25.5 Å². The topological polar surface area (TPSA) is 89.3 Å². The summed E-state index contributed by atoms with van der Waals surface area (Å²) in [5.41, 5.74) is 5.89. The fourth-order valence-corrected chi connectivity index (χ4v) is 4.03. The number of para-hydroxylation sites is 1. The zero-order valence-electron chi connectivity index (χ0n) is 12.2. The van der Waals surface area contributed by atoms with Gasteiger partial charge >= 0.3 is 0 Å². The highest BCUT2D eigenvalue weighted by atomic mass is 32.2. The van der Waals surface area contributed by atoms with Crippen molar-refractivity contribution in [2.75, 3.05) is 5.73 Å². The summed E-state index contributed by atoms with van der Waals surface area (Å²) in [6, 6.07) is 6.33. The maximum absolute atomic E-state index is 12.5. The van der Waals surface area contributed by atoms with E-state index in [1.807, 2.05) is 0 Å². The second-order valence-corrected chi connectivity index (χ2v) is 7.81.